The summed E-state index contributed by atoms with van der Waals surface area (Å²) in [5, 5.41) is -22.9. The molecule has 0 saturated carbocycles. The van der Waals surface area contributed by atoms with Crippen LogP contribution in [0.4, 0.5) is 129 Å². The lowest BCUT2D eigenvalue weighted by Crippen LogP contribution is -2.80. The first-order valence-corrected chi connectivity index (χ1v) is 20.2. The Balaban J connectivity index is 0.000000897. The largest absolute Gasteiger partial charge is 0.316 e. The van der Waals surface area contributed by atoms with Crippen LogP contribution in [0.5, 0.6) is 0 Å². The van der Waals surface area contributed by atoms with E-state index in [2.05, 4.69) is 17.4 Å². The molecule has 9 aromatic carbocycles. The third-order valence-electron chi connectivity index (χ3n) is 12.4. The molecule has 0 atom stereocenters. The number of para-hydroxylation sites is 1. The molecule has 0 radical (unpaired) electrons. The van der Waals surface area contributed by atoms with Gasteiger partial charge in [-0.3, -0.25) is 0 Å². The first-order valence-electron chi connectivity index (χ1n) is 20.2. The quantitative estimate of drug-likeness (QED) is 0.0582. The predicted molar refractivity (Wildman–Crippen MR) is 213 cm³/mol. The van der Waals surface area contributed by atoms with Crippen LogP contribution in [0.3, 0.4) is 0 Å². The summed E-state index contributed by atoms with van der Waals surface area (Å²) in [6.07, 6.45) is -7.99. The van der Waals surface area contributed by atoms with Crippen molar-refractivity contribution in [3.8, 4) is 0 Å². The van der Waals surface area contributed by atoms with Gasteiger partial charge in [0.05, 0.1) is 50.1 Å². The fraction of sp³-hybridized carbons (Fsp3) is 0.0213. The predicted octanol–water partition coefficient (Wildman–Crippen LogP) is 12.1. The van der Waals surface area contributed by atoms with Gasteiger partial charge in [0, 0.05) is 0 Å². The van der Waals surface area contributed by atoms with Gasteiger partial charge in [0.1, 0.15) is 58.4 Å². The van der Waals surface area contributed by atoms with Gasteiger partial charge in [-0.15, -0.1) is 21.9 Å². The maximum absolute atomic E-state index is 17.4. The van der Waals surface area contributed by atoms with E-state index in [1.807, 2.05) is 25.2 Å². The lowest BCUT2D eigenvalue weighted by atomic mass is 9.12. The number of fused-ring (bicyclic) bond motifs is 4. The molecule has 402 valence electrons. The van der Waals surface area contributed by atoms with Gasteiger partial charge < -0.3 is 5.32 Å². The maximum Gasteiger partial charge on any atom is 0.198 e. The normalized spacial score (nSPS) is 12.0. The van der Waals surface area contributed by atoms with Crippen LogP contribution in [0.2, 0.25) is 0 Å². The van der Waals surface area contributed by atoms with Crippen LogP contribution in [0, 0.1) is 163 Å². The molecular formula is C47H10BF28N. The average molecular weight is 1130 g/mol. The topological polar surface area (TPSA) is 16.6 Å². The Morgan fingerprint density at radius 2 is 0.364 bits per heavy atom. The van der Waals surface area contributed by atoms with Crippen molar-refractivity contribution >= 4 is 76.8 Å². The first kappa shape index (κ1) is 55.3. The zero-order valence-electron chi connectivity index (χ0n) is 36.1. The van der Waals surface area contributed by atoms with Gasteiger partial charge in [0.15, 0.2) is 116 Å². The summed E-state index contributed by atoms with van der Waals surface area (Å²) in [6.45, 7) is 0. The minimum Gasteiger partial charge on any atom is -0.316 e. The zero-order valence-corrected chi connectivity index (χ0v) is 36.1. The van der Waals surface area contributed by atoms with Crippen LogP contribution in [-0.2, 0) is 0 Å². The third-order valence-corrected chi connectivity index (χ3v) is 12.4. The van der Waals surface area contributed by atoms with E-state index >= 15 is 87.8 Å². The van der Waals surface area contributed by atoms with E-state index in [0.29, 0.717) is 0 Å². The van der Waals surface area contributed by atoms with E-state index < -0.39 is 234 Å². The second kappa shape index (κ2) is 19.0. The number of hydrogen-bond acceptors (Lipinski definition) is 0. The van der Waals surface area contributed by atoms with Crippen LogP contribution in [0.1, 0.15) is 0 Å². The Hall–Kier alpha value is -7.92. The van der Waals surface area contributed by atoms with Crippen LogP contribution in [0.25, 0.3) is 43.1 Å². The van der Waals surface area contributed by atoms with Gasteiger partial charge in [-0.25, -0.2) is 123 Å². The Bertz CT molecular complexity index is 3640. The number of nitrogens with two attached hydrogens (primary N) is 1. The Morgan fingerprint density at radius 1 is 0.208 bits per heavy atom. The molecule has 1 nitrogen and oxygen atoms in total. The van der Waals surface area contributed by atoms with Crippen molar-refractivity contribution in [3.05, 3.63) is 193 Å². The highest BCUT2D eigenvalue weighted by Gasteiger charge is 2.52. The molecule has 0 amide bonds. The Kier molecular flexibility index (Phi) is 13.6. The molecule has 0 bridgehead atoms. The number of quaternary nitrogens is 1. The molecule has 0 aliphatic rings. The number of rotatable bonds is 5. The molecular weight excluding hydrogens is 1120 g/mol. The molecule has 30 heteroatoms. The lowest BCUT2D eigenvalue weighted by Gasteiger charge is -2.45. The molecule has 0 aliphatic heterocycles. The van der Waals surface area contributed by atoms with Gasteiger partial charge in [0.2, 0.25) is 0 Å². The maximum atomic E-state index is 17.4. The highest BCUT2D eigenvalue weighted by molar-refractivity contribution is 7.20. The van der Waals surface area contributed by atoms with E-state index in [9.17, 15) is 35.1 Å². The minimum absolute atomic E-state index is 1.28. The van der Waals surface area contributed by atoms with Crippen LogP contribution in [-0.4, -0.2) is 13.2 Å². The van der Waals surface area contributed by atoms with E-state index in [1.54, 1.807) is 0 Å². The van der Waals surface area contributed by atoms with Crippen molar-refractivity contribution in [1.29, 1.82) is 0 Å². The fourth-order valence-corrected chi connectivity index (χ4v) is 9.04. The summed E-state index contributed by atoms with van der Waals surface area (Å²) in [6, 6.07) is 10.3. The van der Waals surface area contributed by atoms with E-state index in [1.165, 1.54) is 5.69 Å². The van der Waals surface area contributed by atoms with Crippen LogP contribution >= 0.6 is 0 Å². The molecule has 77 heavy (non-hydrogen) atoms. The van der Waals surface area contributed by atoms with Crippen molar-refractivity contribution in [3.63, 3.8) is 0 Å². The standard InChI is InChI=1S/C40BF28.C7H9N/c42-13-1-5(25(54)37(66)33(62)21(1)50)17(46)29(58)9(13)41(10-14(43)2-6(18(47)30(10)59)26(55)38(67)34(63)22(2)51,11-15(44)3-7(19(48)31(11)60)27(56)39(68)35(64)23(3)52)12-16(45)4-8(20(49)32(12)61)28(57)40(69)36(65)24(4)53;1-8-7-5-3-2-4-6-7/h;2-6,8H,1H3/q-1;/p+1. The summed E-state index contributed by atoms with van der Waals surface area (Å²) < 4.78 is 442. The molecule has 0 spiro atoms. The molecule has 0 saturated heterocycles. The van der Waals surface area contributed by atoms with Crippen molar-refractivity contribution in [2.24, 2.45) is 0 Å². The Labute approximate surface area is 405 Å². The van der Waals surface area contributed by atoms with Crippen LogP contribution in [0.15, 0.2) is 30.3 Å². The summed E-state index contributed by atoms with van der Waals surface area (Å²) in [7, 11) is 2.04. The molecule has 0 heterocycles. The van der Waals surface area contributed by atoms with E-state index in [0.717, 1.165) is 0 Å². The molecule has 9 rings (SSSR count). The van der Waals surface area contributed by atoms with Gasteiger partial charge in [0.25, 0.3) is 0 Å². The molecule has 0 aromatic heterocycles. The molecule has 0 fully saturated rings. The SMILES string of the molecule is C[NH2+]c1ccccc1.Fc1c(F)c(F)c2c(F)c([B-](c3c(F)c(F)c4c(F)c(F)c(F)c(F)c4c3F)(c3c(F)c(F)c4c(F)c(F)c(F)c(F)c4c3F)c3c(F)c(F)c4c(F)c(F)c(F)c(F)c4c3F)c(F)c(F)c2c1F. The van der Waals surface area contributed by atoms with Crippen molar-refractivity contribution < 1.29 is 128 Å². The summed E-state index contributed by atoms with van der Waals surface area (Å²) in [5.74, 6) is -102. The smallest absolute Gasteiger partial charge is 0.198 e. The minimum atomic E-state index is -7.99. The Morgan fingerprint density at radius 3 is 0.519 bits per heavy atom. The highest BCUT2D eigenvalue weighted by Crippen LogP contribution is 2.41. The van der Waals surface area contributed by atoms with Gasteiger partial charge in [-0.05, 0) is 12.1 Å². The van der Waals surface area contributed by atoms with Gasteiger partial charge >= 0.3 is 0 Å². The third kappa shape index (κ3) is 7.28. The second-order valence-electron chi connectivity index (χ2n) is 16.0. The monoisotopic (exact) mass is 1130 g/mol. The molecule has 0 aliphatic carbocycles. The fourth-order valence-electron chi connectivity index (χ4n) is 9.04. The summed E-state index contributed by atoms with van der Waals surface area (Å²) >= 11 is 0. The molecule has 9 aromatic rings. The van der Waals surface area contributed by atoms with E-state index in [-0.39, 0.29) is 0 Å². The first-order chi connectivity index (χ1) is 35.9. The average Bonchev–Trinajstić information content (AvgIpc) is 3.40. The molecule has 0 unspecified atom stereocenters. The van der Waals surface area contributed by atoms with E-state index in [4.69, 9.17) is 0 Å². The highest BCUT2D eigenvalue weighted by atomic mass is 19.2. The second-order valence-corrected chi connectivity index (χ2v) is 16.0. The van der Waals surface area contributed by atoms with Gasteiger partial charge in [-0.1, -0.05) is 18.2 Å². The van der Waals surface area contributed by atoms with Crippen molar-refractivity contribution in [2.45, 2.75) is 0 Å². The van der Waals surface area contributed by atoms with Crippen molar-refractivity contribution in [1.82, 2.24) is 0 Å². The van der Waals surface area contributed by atoms with Crippen LogP contribution < -0.4 is 27.2 Å². The number of halogens is 28. The lowest BCUT2D eigenvalue weighted by molar-refractivity contribution is -0.539. The van der Waals surface area contributed by atoms with Crippen molar-refractivity contribution in [2.75, 3.05) is 7.05 Å². The number of benzene rings is 9. The zero-order chi connectivity index (χ0) is 57.4. The summed E-state index contributed by atoms with van der Waals surface area (Å²) in [4.78, 5) is 0. The summed E-state index contributed by atoms with van der Waals surface area (Å²) in [5.41, 5.74) is -14.6. The molecule has 2 N–H and O–H groups in total. The number of hydrogen-bond donors (Lipinski definition) is 1. The van der Waals surface area contributed by atoms with Gasteiger partial charge in [-0.2, -0.15) is 0 Å².